The molecule has 0 aliphatic heterocycles. The molecule has 4 unspecified atom stereocenters. The first kappa shape index (κ1) is 51.9. The van der Waals surface area contributed by atoms with Gasteiger partial charge in [0.2, 0.25) is 11.8 Å². The molecule has 4 N–H and O–H groups in total. The lowest BCUT2D eigenvalue weighted by Gasteiger charge is -2.24. The maximum absolute atomic E-state index is 14.1. The first-order valence-corrected chi connectivity index (χ1v) is 24.4. The van der Waals surface area contributed by atoms with Crippen LogP contribution in [0.3, 0.4) is 0 Å². The molecule has 0 saturated heterocycles. The van der Waals surface area contributed by atoms with Crippen LogP contribution in [0.15, 0.2) is 183 Å². The summed E-state index contributed by atoms with van der Waals surface area (Å²) in [6.45, 7) is 7.95. The van der Waals surface area contributed by atoms with E-state index >= 15 is 0 Å². The Morgan fingerprint density at radius 1 is 0.583 bits per heavy atom. The number of hydrogen-bond acceptors (Lipinski definition) is 9. The molecule has 0 bridgehead atoms. The van der Waals surface area contributed by atoms with Gasteiger partial charge in [0.05, 0.1) is 24.6 Å². The number of hydrogen-bond donors (Lipinski definition) is 4. The van der Waals surface area contributed by atoms with Crippen LogP contribution in [-0.2, 0) is 49.9 Å². The second-order valence-corrected chi connectivity index (χ2v) is 17.8. The molecule has 12 nitrogen and oxygen atoms in total. The van der Waals surface area contributed by atoms with E-state index in [0.29, 0.717) is 37.6 Å². The number of fused-ring (bicyclic) bond motifs is 3. The number of aliphatic hydroxyl groups excluding tert-OH is 1. The summed E-state index contributed by atoms with van der Waals surface area (Å²) in [5, 5.41) is 18.9. The highest BCUT2D eigenvalue weighted by atomic mass is 16.6. The fraction of sp³-hybridized carbons (Fsp3) is 0.267. The molecule has 72 heavy (non-hydrogen) atoms. The third kappa shape index (κ3) is 15.3. The smallest absolute Gasteiger partial charge is 0.407 e. The number of allylic oxidation sites excluding steroid dienone is 2. The number of amides is 3. The largest absolute Gasteiger partial charge is 0.489 e. The Balaban J connectivity index is 0.975. The lowest BCUT2D eigenvalue weighted by Crippen LogP contribution is -2.47. The highest BCUT2D eigenvalue weighted by Crippen LogP contribution is 2.44. The van der Waals surface area contributed by atoms with Crippen LogP contribution in [0.4, 0.5) is 4.79 Å². The van der Waals surface area contributed by atoms with E-state index in [0.717, 1.165) is 44.5 Å². The molecule has 6 aromatic carbocycles. The van der Waals surface area contributed by atoms with E-state index in [2.05, 4.69) is 41.2 Å². The fourth-order valence-corrected chi connectivity index (χ4v) is 8.72. The van der Waals surface area contributed by atoms with Gasteiger partial charge in [0.25, 0.3) is 0 Å². The van der Waals surface area contributed by atoms with Crippen LogP contribution in [-0.4, -0.2) is 66.9 Å². The predicted octanol–water partition coefficient (Wildman–Crippen LogP) is 9.59. The van der Waals surface area contributed by atoms with E-state index < -0.39 is 47.9 Å². The van der Waals surface area contributed by atoms with Crippen molar-refractivity contribution in [3.8, 4) is 22.6 Å². The molecule has 0 spiro atoms. The Labute approximate surface area is 422 Å². The molecule has 3 amide bonds. The van der Waals surface area contributed by atoms with Gasteiger partial charge in [-0.05, 0) is 101 Å². The van der Waals surface area contributed by atoms with Gasteiger partial charge < -0.3 is 40.0 Å². The summed E-state index contributed by atoms with van der Waals surface area (Å²) in [6.07, 6.45) is 3.67. The molecule has 7 rings (SSSR count). The van der Waals surface area contributed by atoms with Gasteiger partial charge in [-0.3, -0.25) is 9.59 Å². The van der Waals surface area contributed by atoms with E-state index in [4.69, 9.17) is 18.9 Å². The van der Waals surface area contributed by atoms with Crippen LogP contribution in [0.1, 0.15) is 65.0 Å². The quantitative estimate of drug-likeness (QED) is 0.0291. The predicted molar refractivity (Wildman–Crippen MR) is 278 cm³/mol. The number of alkyl carbamates (subject to hydrolysis) is 1. The second kappa shape index (κ2) is 26.9. The monoisotopic (exact) mass is 969 g/mol. The van der Waals surface area contributed by atoms with Gasteiger partial charge in [-0.25, -0.2) is 9.59 Å². The lowest BCUT2D eigenvalue weighted by molar-refractivity contribution is -0.147. The highest BCUT2D eigenvalue weighted by Gasteiger charge is 2.31. The number of esters is 1. The van der Waals surface area contributed by atoms with E-state index in [1.54, 1.807) is 12.2 Å². The molecule has 0 saturated carbocycles. The van der Waals surface area contributed by atoms with Gasteiger partial charge >= 0.3 is 12.1 Å². The average molecular weight is 970 g/mol. The average Bonchev–Trinajstić information content (AvgIpc) is 3.73. The van der Waals surface area contributed by atoms with Gasteiger partial charge in [-0.15, -0.1) is 13.2 Å². The number of ether oxygens (including phenoxy) is 4. The first-order valence-electron chi connectivity index (χ1n) is 24.4. The molecule has 0 heterocycles. The van der Waals surface area contributed by atoms with Crippen molar-refractivity contribution in [3.63, 3.8) is 0 Å². The van der Waals surface area contributed by atoms with Crippen molar-refractivity contribution < 1.29 is 43.2 Å². The Kier molecular flexibility index (Phi) is 19.4. The van der Waals surface area contributed by atoms with Crippen LogP contribution >= 0.6 is 0 Å². The Bertz CT molecular complexity index is 2670. The number of carbonyl (C=O) groups is 4. The van der Waals surface area contributed by atoms with Crippen LogP contribution < -0.4 is 25.4 Å². The van der Waals surface area contributed by atoms with Gasteiger partial charge in [-0.2, -0.15) is 0 Å². The van der Waals surface area contributed by atoms with Crippen molar-refractivity contribution in [1.29, 1.82) is 0 Å². The minimum Gasteiger partial charge on any atom is -0.489 e. The zero-order valence-electron chi connectivity index (χ0n) is 40.5. The molecular formula is C60H63N3O9. The zero-order chi connectivity index (χ0) is 50.5. The maximum Gasteiger partial charge on any atom is 0.407 e. The lowest BCUT2D eigenvalue weighted by atomic mass is 9.97. The third-order valence-corrected chi connectivity index (χ3v) is 12.5. The topological polar surface area (TPSA) is 162 Å². The number of carbonyl (C=O) groups excluding carboxylic acids is 4. The molecule has 1 aliphatic rings. The summed E-state index contributed by atoms with van der Waals surface area (Å²) in [4.78, 5) is 54.9. The third-order valence-electron chi connectivity index (χ3n) is 12.5. The van der Waals surface area contributed by atoms with Crippen molar-refractivity contribution >= 4 is 23.9 Å². The molecular weight excluding hydrogens is 907 g/mol. The van der Waals surface area contributed by atoms with E-state index in [1.165, 1.54) is 0 Å². The van der Waals surface area contributed by atoms with Crippen LogP contribution in [0.5, 0.6) is 11.5 Å². The normalized spacial score (nSPS) is 13.2. The highest BCUT2D eigenvalue weighted by molar-refractivity contribution is 5.86. The van der Waals surface area contributed by atoms with E-state index in [9.17, 15) is 24.3 Å². The summed E-state index contributed by atoms with van der Waals surface area (Å²) in [6, 6.07) is 48.2. The molecule has 0 aromatic heterocycles. The zero-order valence-corrected chi connectivity index (χ0v) is 40.5. The number of rotatable bonds is 27. The molecule has 4 atom stereocenters. The van der Waals surface area contributed by atoms with E-state index in [1.807, 2.05) is 146 Å². The van der Waals surface area contributed by atoms with Crippen LogP contribution in [0.2, 0.25) is 0 Å². The molecule has 1 aliphatic carbocycles. The van der Waals surface area contributed by atoms with Gasteiger partial charge in [0.15, 0.2) is 0 Å². The minimum atomic E-state index is -1.07. The Morgan fingerprint density at radius 2 is 1.11 bits per heavy atom. The van der Waals surface area contributed by atoms with Crippen molar-refractivity contribution in [3.05, 3.63) is 216 Å². The maximum atomic E-state index is 14.1. The van der Waals surface area contributed by atoms with Crippen LogP contribution in [0, 0.1) is 5.92 Å². The van der Waals surface area contributed by atoms with Crippen molar-refractivity contribution in [2.24, 2.45) is 5.92 Å². The Morgan fingerprint density at radius 3 is 1.64 bits per heavy atom. The van der Waals surface area contributed by atoms with Crippen LogP contribution in [0.25, 0.3) is 11.1 Å². The molecule has 12 heteroatoms. The molecule has 0 radical (unpaired) electrons. The van der Waals surface area contributed by atoms with Gasteiger partial charge in [0, 0.05) is 12.3 Å². The van der Waals surface area contributed by atoms with Crippen molar-refractivity contribution in [2.45, 2.75) is 75.8 Å². The van der Waals surface area contributed by atoms with E-state index in [-0.39, 0.29) is 51.4 Å². The number of nitrogens with one attached hydrogen (secondary N) is 3. The molecule has 0 fully saturated rings. The summed E-state index contributed by atoms with van der Waals surface area (Å²) >= 11 is 0. The fourth-order valence-electron chi connectivity index (χ4n) is 8.72. The van der Waals surface area contributed by atoms with Gasteiger partial charge in [-0.1, -0.05) is 146 Å². The number of benzene rings is 6. The molecule has 372 valence electrons. The summed E-state index contributed by atoms with van der Waals surface area (Å²) in [5.41, 5.74) is 8.09. The first-order chi connectivity index (χ1) is 35.2. The van der Waals surface area contributed by atoms with Crippen molar-refractivity contribution in [2.75, 3.05) is 19.8 Å². The number of aliphatic hydroxyl groups is 1. The second-order valence-electron chi connectivity index (χ2n) is 17.8. The van der Waals surface area contributed by atoms with Gasteiger partial charge in [0.1, 0.15) is 44.0 Å². The standard InChI is InChI=1S/C60H63N3O9/c1-3-5-25-56(63-60(68)72-41-55-53-23-14-12-21-51(53)52-22-13-15-24-54(52)55)59(67)71-40-48(35-43-28-32-50(33-29-43)70-39-45-19-10-7-11-20-45)62-58(66)46(16-4-2)36-57(65)61-47(37-64)34-42-26-30-49(31-27-42)69-38-44-17-8-6-9-18-44/h3-4,6-15,17-24,26-33,46-48,55-56,64H,1-2,5,16,25,34-41H2,(H,61,65)(H,62,66)(H,63,68). The summed E-state index contributed by atoms with van der Waals surface area (Å²) < 4.78 is 23.6. The summed E-state index contributed by atoms with van der Waals surface area (Å²) in [5.74, 6) is -1.22. The van der Waals surface area contributed by atoms with Crippen molar-refractivity contribution in [1.82, 2.24) is 16.0 Å². The minimum absolute atomic E-state index is 0.0668. The SMILES string of the molecule is C=CCCC(NC(=O)OCC1c2ccccc2-c2ccccc21)C(=O)OCC(Cc1ccc(OCc2ccccc2)cc1)NC(=O)C(CC=C)CC(=O)NC(CO)Cc1ccc(OCc2ccccc2)cc1. The Hall–Kier alpha value is -7.96. The summed E-state index contributed by atoms with van der Waals surface area (Å²) in [7, 11) is 0. The molecule has 6 aromatic rings.